The molecule has 0 amide bonds. The molecule has 20 heteroatoms. The van der Waals surface area contributed by atoms with Gasteiger partial charge < -0.3 is 33.9 Å². The number of hydrogen-bond acceptors (Lipinski definition) is 18. The third-order valence-corrected chi connectivity index (χ3v) is 12.7. The fourth-order valence-corrected chi connectivity index (χ4v) is 9.53. The number of fused-ring (bicyclic) bond motifs is 1. The van der Waals surface area contributed by atoms with Crippen molar-refractivity contribution in [3.8, 4) is 0 Å². The van der Waals surface area contributed by atoms with E-state index in [0.29, 0.717) is 29.2 Å². The molecule has 2 atom stereocenters. The first-order valence-electron chi connectivity index (χ1n) is 15.9. The molecule has 290 valence electrons. The van der Waals surface area contributed by atoms with Gasteiger partial charge in [0.25, 0.3) is 0 Å². The van der Waals surface area contributed by atoms with Crippen molar-refractivity contribution in [2.75, 3.05) is 49.4 Å². The van der Waals surface area contributed by atoms with E-state index in [1.165, 1.54) is 53.1 Å². The highest BCUT2D eigenvalue weighted by Crippen LogP contribution is 2.33. The summed E-state index contributed by atoms with van der Waals surface area (Å²) < 4.78 is 25.4. The number of hydrogen-bond donors (Lipinski definition) is 2. The standard InChI is InChI=1S/C34H34O16S4/c35-26(36)5-7-28(39)49-24(17-45-31(42)33-51-9-10-52-33)16-44-30(41)23-4-3-21-13-20(1-2-22(21)14-23)15-47-48-19-25(50-29(40)8-6-27(37)38)18-46-32(43)34-53-11-12-54-34/h1-8,13-14,24-25,33-34H,9-12,15-19H2,(H,35,36)(H,37,38)/b7-5-,8-6-. The first-order chi connectivity index (χ1) is 26.0. The third kappa shape index (κ3) is 14.9. The van der Waals surface area contributed by atoms with Crippen LogP contribution in [0.2, 0.25) is 0 Å². The van der Waals surface area contributed by atoms with Crippen molar-refractivity contribution in [1.29, 1.82) is 0 Å². The van der Waals surface area contributed by atoms with Gasteiger partial charge in [0.2, 0.25) is 0 Å². The zero-order valence-corrected chi connectivity index (χ0v) is 31.5. The maximum atomic E-state index is 12.9. The summed E-state index contributed by atoms with van der Waals surface area (Å²) in [5, 5.41) is 18.9. The van der Waals surface area contributed by atoms with Gasteiger partial charge in [0.05, 0.1) is 5.56 Å². The summed E-state index contributed by atoms with van der Waals surface area (Å²) in [5.41, 5.74) is 0.842. The number of carbonyl (C=O) groups excluding carboxylic acids is 5. The normalized spacial score (nSPS) is 15.9. The molecule has 2 unspecified atom stereocenters. The smallest absolute Gasteiger partial charge is 0.338 e. The zero-order chi connectivity index (χ0) is 38.9. The molecule has 0 aromatic heterocycles. The van der Waals surface area contributed by atoms with Crippen LogP contribution in [0.4, 0.5) is 0 Å². The van der Waals surface area contributed by atoms with Crippen LogP contribution in [0.1, 0.15) is 15.9 Å². The Morgan fingerprint density at radius 2 is 1.09 bits per heavy atom. The molecule has 0 saturated carbocycles. The second kappa shape index (κ2) is 22.2. The second-order valence-corrected chi connectivity index (χ2v) is 16.4. The van der Waals surface area contributed by atoms with E-state index >= 15 is 0 Å². The Hall–Kier alpha value is -4.21. The minimum absolute atomic E-state index is 0.0427. The molecule has 2 N–H and O–H groups in total. The molecule has 0 radical (unpaired) electrons. The molecule has 2 heterocycles. The van der Waals surface area contributed by atoms with Crippen molar-refractivity contribution >= 4 is 99.6 Å². The summed E-state index contributed by atoms with van der Waals surface area (Å²) in [7, 11) is 0. The molecular weight excluding hydrogens is 793 g/mol. The van der Waals surface area contributed by atoms with Gasteiger partial charge in [-0.1, -0.05) is 18.2 Å². The third-order valence-electron chi connectivity index (χ3n) is 6.84. The lowest BCUT2D eigenvalue weighted by Crippen LogP contribution is -2.31. The fraction of sp³-hybridized carbons (Fsp3) is 0.382. The van der Waals surface area contributed by atoms with E-state index in [-0.39, 0.29) is 30.0 Å². The van der Waals surface area contributed by atoms with Gasteiger partial charge in [-0.25, -0.2) is 43.3 Å². The first kappa shape index (κ1) is 42.5. The molecular formula is C34H34O16S4. The van der Waals surface area contributed by atoms with Crippen molar-refractivity contribution in [2.24, 2.45) is 0 Å². The lowest BCUT2D eigenvalue weighted by Gasteiger charge is -2.18. The van der Waals surface area contributed by atoms with E-state index in [1.54, 1.807) is 30.3 Å². The quantitative estimate of drug-likeness (QED) is 0.0488. The van der Waals surface area contributed by atoms with Crippen molar-refractivity contribution in [1.82, 2.24) is 0 Å². The van der Waals surface area contributed by atoms with Crippen LogP contribution >= 0.6 is 47.0 Å². The Kier molecular flexibility index (Phi) is 17.5. The average Bonchev–Trinajstić information content (AvgIpc) is 3.90. The van der Waals surface area contributed by atoms with Gasteiger partial charge in [0, 0.05) is 47.3 Å². The molecule has 54 heavy (non-hydrogen) atoms. The molecule has 2 aromatic rings. The Balaban J connectivity index is 1.29. The van der Waals surface area contributed by atoms with Crippen molar-refractivity contribution in [3.05, 3.63) is 71.8 Å². The summed E-state index contributed by atoms with van der Waals surface area (Å²) in [6.07, 6.45) is 0.305. The molecule has 0 aliphatic carbocycles. The number of rotatable bonds is 20. The number of benzene rings is 2. The van der Waals surface area contributed by atoms with Crippen molar-refractivity contribution in [2.45, 2.75) is 28.0 Å². The van der Waals surface area contributed by atoms with E-state index in [1.807, 2.05) is 0 Å². The maximum absolute atomic E-state index is 12.9. The molecule has 2 aliphatic heterocycles. The van der Waals surface area contributed by atoms with Crippen molar-refractivity contribution < 1.29 is 77.2 Å². The van der Waals surface area contributed by atoms with E-state index in [0.717, 1.165) is 34.5 Å². The monoisotopic (exact) mass is 826 g/mol. The SMILES string of the molecule is O=C(O)/C=C\C(=O)OC(COOCc1ccc2cc(C(=O)OCC(COC(=O)C3SCCS3)OC(=O)/C=C\C(=O)O)ccc2c1)COC(=O)C1SCCS1. The van der Waals surface area contributed by atoms with Gasteiger partial charge in [-0.15, -0.1) is 47.0 Å². The van der Waals surface area contributed by atoms with E-state index in [4.69, 9.17) is 43.7 Å². The molecule has 0 bridgehead atoms. The molecule has 4 rings (SSSR count). The fourth-order valence-electron chi connectivity index (χ4n) is 4.39. The minimum atomic E-state index is -1.37. The largest absolute Gasteiger partial charge is 0.478 e. The number of carboxylic acid groups (broad SMARTS) is 2. The number of aliphatic carboxylic acids is 2. The van der Waals surface area contributed by atoms with E-state index < -0.39 is 71.8 Å². The Bertz CT molecular complexity index is 1740. The van der Waals surface area contributed by atoms with Gasteiger partial charge in [-0.3, -0.25) is 0 Å². The van der Waals surface area contributed by atoms with Crippen LogP contribution in [-0.2, 0) is 68.8 Å². The van der Waals surface area contributed by atoms with Crippen LogP contribution in [0, 0.1) is 0 Å². The highest BCUT2D eigenvalue weighted by Gasteiger charge is 2.29. The topological polar surface area (TPSA) is 225 Å². The Labute approximate surface area is 324 Å². The van der Waals surface area contributed by atoms with Crippen LogP contribution < -0.4 is 0 Å². The van der Waals surface area contributed by atoms with Gasteiger partial charge >= 0.3 is 41.8 Å². The van der Waals surface area contributed by atoms with Crippen LogP contribution in [-0.4, -0.2) is 123 Å². The lowest BCUT2D eigenvalue weighted by atomic mass is 10.0. The number of esters is 5. The minimum Gasteiger partial charge on any atom is -0.478 e. The maximum Gasteiger partial charge on any atom is 0.338 e. The Morgan fingerprint density at radius 1 is 0.611 bits per heavy atom. The molecule has 16 nitrogen and oxygen atoms in total. The van der Waals surface area contributed by atoms with Gasteiger partial charge in [-0.2, -0.15) is 0 Å². The number of carbonyl (C=O) groups is 7. The van der Waals surface area contributed by atoms with Crippen molar-refractivity contribution in [3.63, 3.8) is 0 Å². The molecule has 2 saturated heterocycles. The highest BCUT2D eigenvalue weighted by molar-refractivity contribution is 8.21. The summed E-state index contributed by atoms with van der Waals surface area (Å²) in [6.45, 7) is -1.60. The molecule has 2 fully saturated rings. The lowest BCUT2D eigenvalue weighted by molar-refractivity contribution is -0.315. The molecule has 2 aliphatic rings. The summed E-state index contributed by atoms with van der Waals surface area (Å²) in [6, 6.07) is 9.96. The predicted octanol–water partition coefficient (Wildman–Crippen LogP) is 3.25. The summed E-state index contributed by atoms with van der Waals surface area (Å²) >= 11 is 5.72. The van der Waals surface area contributed by atoms with Gasteiger partial charge in [-0.05, 0) is 34.5 Å². The van der Waals surface area contributed by atoms with Crippen LogP contribution in [0.5, 0.6) is 0 Å². The van der Waals surface area contributed by atoms with Crippen LogP contribution in [0.3, 0.4) is 0 Å². The predicted molar refractivity (Wildman–Crippen MR) is 198 cm³/mol. The second-order valence-electron chi connectivity index (χ2n) is 10.9. The van der Waals surface area contributed by atoms with E-state index in [2.05, 4.69) is 0 Å². The molecule has 2 aromatic carbocycles. The summed E-state index contributed by atoms with van der Waals surface area (Å²) in [5.74, 6) is -3.28. The zero-order valence-electron chi connectivity index (χ0n) is 28.2. The first-order valence-corrected chi connectivity index (χ1v) is 20.1. The number of thioether (sulfide) groups is 4. The van der Waals surface area contributed by atoms with Crippen LogP contribution in [0.25, 0.3) is 10.8 Å². The van der Waals surface area contributed by atoms with E-state index in [9.17, 15) is 33.6 Å². The highest BCUT2D eigenvalue weighted by atomic mass is 32.2. The van der Waals surface area contributed by atoms with Crippen LogP contribution in [0.15, 0.2) is 60.7 Å². The van der Waals surface area contributed by atoms with Gasteiger partial charge in [0.15, 0.2) is 12.2 Å². The average molecular weight is 827 g/mol. The Morgan fingerprint density at radius 3 is 1.63 bits per heavy atom. The number of carboxylic acids is 2. The van der Waals surface area contributed by atoms with Gasteiger partial charge in [0.1, 0.15) is 42.2 Å². The number of ether oxygens (including phenoxy) is 5. The molecule has 0 spiro atoms. The summed E-state index contributed by atoms with van der Waals surface area (Å²) in [4.78, 5) is 93.7.